The zero-order valence-electron chi connectivity index (χ0n) is 9.81. The van der Waals surface area contributed by atoms with Crippen LogP contribution in [0.2, 0.25) is 0 Å². The molecule has 1 aromatic rings. The van der Waals surface area contributed by atoms with Gasteiger partial charge in [-0.2, -0.15) is 0 Å². The second-order valence-corrected chi connectivity index (χ2v) is 4.93. The van der Waals surface area contributed by atoms with Crippen molar-refractivity contribution >= 4 is 23.1 Å². The molecule has 0 aromatic carbocycles. The van der Waals surface area contributed by atoms with Gasteiger partial charge in [-0.3, -0.25) is 9.59 Å². The summed E-state index contributed by atoms with van der Waals surface area (Å²) in [4.78, 5) is 25.8. The molecule has 1 amide bonds. The molecular formula is C12H15N3O2S. The number of amides is 1. The predicted octanol–water partition coefficient (Wildman–Crippen LogP) is 0.559. The minimum absolute atomic E-state index is 0.00179. The van der Waals surface area contributed by atoms with E-state index in [1.807, 2.05) is 0 Å². The van der Waals surface area contributed by atoms with Gasteiger partial charge in [0.2, 0.25) is 5.56 Å². The van der Waals surface area contributed by atoms with E-state index in [1.54, 1.807) is 0 Å². The Labute approximate surface area is 110 Å². The van der Waals surface area contributed by atoms with Crippen molar-refractivity contribution in [2.24, 2.45) is 11.7 Å². The normalized spacial score (nSPS) is 22.7. The quantitative estimate of drug-likeness (QED) is 0.697. The van der Waals surface area contributed by atoms with Crippen LogP contribution in [0.3, 0.4) is 0 Å². The van der Waals surface area contributed by atoms with Gasteiger partial charge in [-0.05, 0) is 18.9 Å². The molecule has 0 bridgehead atoms. The summed E-state index contributed by atoms with van der Waals surface area (Å²) < 4.78 is 0. The smallest absolute Gasteiger partial charge is 0.252 e. The maximum absolute atomic E-state index is 12.0. The molecule has 1 aliphatic carbocycles. The summed E-state index contributed by atoms with van der Waals surface area (Å²) in [6.07, 6.45) is 4.23. The Kier molecular flexibility index (Phi) is 3.76. The van der Waals surface area contributed by atoms with E-state index in [4.69, 9.17) is 18.0 Å². The minimum Gasteiger partial charge on any atom is -0.393 e. The number of carbonyl (C=O) groups excluding carboxylic acids is 1. The monoisotopic (exact) mass is 265 g/mol. The lowest BCUT2D eigenvalue weighted by atomic mass is 10.0. The van der Waals surface area contributed by atoms with E-state index in [0.29, 0.717) is 10.6 Å². The van der Waals surface area contributed by atoms with E-state index < -0.39 is 0 Å². The van der Waals surface area contributed by atoms with Crippen molar-refractivity contribution in [1.29, 1.82) is 0 Å². The molecule has 2 unspecified atom stereocenters. The van der Waals surface area contributed by atoms with Gasteiger partial charge in [-0.25, -0.2) is 0 Å². The van der Waals surface area contributed by atoms with Crippen LogP contribution in [0.5, 0.6) is 0 Å². The first-order valence-electron chi connectivity index (χ1n) is 5.87. The average Bonchev–Trinajstić information content (AvgIpc) is 2.78. The molecule has 96 valence electrons. The molecule has 1 aliphatic rings. The van der Waals surface area contributed by atoms with Gasteiger partial charge >= 0.3 is 0 Å². The lowest BCUT2D eigenvalue weighted by molar-refractivity contribution is 0.0933. The molecule has 0 saturated heterocycles. The number of aromatic amines is 1. The van der Waals surface area contributed by atoms with Crippen molar-refractivity contribution in [3.05, 3.63) is 34.2 Å². The van der Waals surface area contributed by atoms with Gasteiger partial charge in [0.1, 0.15) is 0 Å². The third kappa shape index (κ3) is 2.76. The number of thiocarbonyl (C=S) groups is 1. The van der Waals surface area contributed by atoms with Gasteiger partial charge in [0, 0.05) is 24.2 Å². The number of aromatic nitrogens is 1. The molecule has 18 heavy (non-hydrogen) atoms. The zero-order valence-corrected chi connectivity index (χ0v) is 10.6. The third-order valence-electron chi connectivity index (χ3n) is 3.24. The second kappa shape index (κ2) is 5.30. The van der Waals surface area contributed by atoms with E-state index in [0.717, 1.165) is 19.3 Å². The lowest BCUT2D eigenvalue weighted by Gasteiger charge is -2.19. The summed E-state index contributed by atoms with van der Waals surface area (Å²) in [6, 6.07) is 2.83. The van der Waals surface area contributed by atoms with Gasteiger partial charge in [-0.15, -0.1) is 0 Å². The predicted molar refractivity (Wildman–Crippen MR) is 72.4 cm³/mol. The van der Waals surface area contributed by atoms with Gasteiger partial charge < -0.3 is 16.0 Å². The van der Waals surface area contributed by atoms with Gasteiger partial charge in [0.05, 0.1) is 10.6 Å². The van der Waals surface area contributed by atoms with Crippen LogP contribution in [-0.4, -0.2) is 21.9 Å². The highest BCUT2D eigenvalue weighted by Crippen LogP contribution is 2.26. The van der Waals surface area contributed by atoms with Crippen molar-refractivity contribution in [3.8, 4) is 0 Å². The van der Waals surface area contributed by atoms with E-state index >= 15 is 0 Å². The molecule has 1 fully saturated rings. The van der Waals surface area contributed by atoms with Gasteiger partial charge in [-0.1, -0.05) is 18.6 Å². The molecule has 5 nitrogen and oxygen atoms in total. The van der Waals surface area contributed by atoms with Crippen LogP contribution in [0, 0.1) is 5.92 Å². The maximum atomic E-state index is 12.0. The number of H-pyrrole nitrogens is 1. The number of hydrogen-bond acceptors (Lipinski definition) is 3. The van der Waals surface area contributed by atoms with Crippen LogP contribution >= 0.6 is 12.2 Å². The van der Waals surface area contributed by atoms with Crippen LogP contribution in [0.4, 0.5) is 0 Å². The van der Waals surface area contributed by atoms with Crippen LogP contribution in [-0.2, 0) is 0 Å². The van der Waals surface area contributed by atoms with Gasteiger partial charge in [0.25, 0.3) is 5.91 Å². The highest BCUT2D eigenvalue weighted by molar-refractivity contribution is 7.80. The average molecular weight is 265 g/mol. The Morgan fingerprint density at radius 3 is 2.83 bits per heavy atom. The summed E-state index contributed by atoms with van der Waals surface area (Å²) in [6.45, 7) is 0. The number of nitrogens with two attached hydrogens (primary N) is 1. The molecular weight excluding hydrogens is 250 g/mol. The van der Waals surface area contributed by atoms with E-state index in [2.05, 4.69) is 10.3 Å². The van der Waals surface area contributed by atoms with Crippen LogP contribution in [0.25, 0.3) is 0 Å². The van der Waals surface area contributed by atoms with E-state index in [-0.39, 0.29) is 23.4 Å². The largest absolute Gasteiger partial charge is 0.393 e. The molecule has 0 aliphatic heterocycles. The molecule has 1 heterocycles. The van der Waals surface area contributed by atoms with Crippen LogP contribution in [0.1, 0.15) is 29.6 Å². The van der Waals surface area contributed by atoms with E-state index in [9.17, 15) is 9.59 Å². The Morgan fingerprint density at radius 2 is 2.22 bits per heavy atom. The molecule has 0 radical (unpaired) electrons. The number of carbonyl (C=O) groups is 1. The molecule has 2 atom stereocenters. The van der Waals surface area contributed by atoms with E-state index in [1.165, 1.54) is 18.3 Å². The molecule has 4 N–H and O–H groups in total. The topological polar surface area (TPSA) is 88.0 Å². The number of nitrogens with one attached hydrogen (secondary N) is 2. The van der Waals surface area contributed by atoms with Crippen molar-refractivity contribution < 1.29 is 4.79 Å². The lowest BCUT2D eigenvalue weighted by Crippen LogP contribution is -2.41. The maximum Gasteiger partial charge on any atom is 0.252 e. The Hall–Kier alpha value is -1.69. The summed E-state index contributed by atoms with van der Waals surface area (Å²) in [5, 5.41) is 2.92. The standard InChI is InChI=1S/C12H15N3O2S/c13-11(18)8-2-1-3-9(8)15-12(17)7-4-5-10(16)14-6-7/h4-6,8-9H,1-3H2,(H2,13,18)(H,14,16)(H,15,17). The summed E-state index contributed by atoms with van der Waals surface area (Å²) in [7, 11) is 0. The second-order valence-electron chi connectivity index (χ2n) is 4.46. The third-order valence-corrected chi connectivity index (χ3v) is 3.55. The van der Waals surface area contributed by atoms with Crippen molar-refractivity contribution in [1.82, 2.24) is 10.3 Å². The number of rotatable bonds is 3. The highest BCUT2D eigenvalue weighted by Gasteiger charge is 2.30. The summed E-state index contributed by atoms with van der Waals surface area (Å²) >= 11 is 5.00. The zero-order chi connectivity index (χ0) is 13.1. The van der Waals surface area contributed by atoms with Crippen molar-refractivity contribution in [2.75, 3.05) is 0 Å². The van der Waals surface area contributed by atoms with Crippen molar-refractivity contribution in [3.63, 3.8) is 0 Å². The number of pyridine rings is 1. The first-order chi connectivity index (χ1) is 8.58. The van der Waals surface area contributed by atoms with Crippen LogP contribution < -0.4 is 16.6 Å². The first kappa shape index (κ1) is 12.8. The van der Waals surface area contributed by atoms with Gasteiger partial charge in [0.15, 0.2) is 0 Å². The molecule has 1 saturated carbocycles. The minimum atomic E-state index is -0.228. The fourth-order valence-electron chi connectivity index (χ4n) is 2.28. The van der Waals surface area contributed by atoms with Crippen LogP contribution in [0.15, 0.2) is 23.1 Å². The SMILES string of the molecule is NC(=S)C1CCCC1NC(=O)c1ccc(=O)[nH]c1. The fraction of sp³-hybridized carbons (Fsp3) is 0.417. The molecule has 6 heteroatoms. The summed E-state index contributed by atoms with van der Waals surface area (Å²) in [5.74, 6) is -0.133. The molecule has 2 rings (SSSR count). The van der Waals surface area contributed by atoms with Crippen molar-refractivity contribution in [2.45, 2.75) is 25.3 Å². The molecule has 1 aromatic heterocycles. The first-order valence-corrected chi connectivity index (χ1v) is 6.27. The Balaban J connectivity index is 2.05. The fourth-order valence-corrected chi connectivity index (χ4v) is 2.56. The Bertz CT molecular complexity index is 506. The number of hydrogen-bond donors (Lipinski definition) is 3. The summed E-state index contributed by atoms with van der Waals surface area (Å²) in [5.41, 5.74) is 5.86. The Morgan fingerprint density at radius 1 is 1.44 bits per heavy atom. The highest BCUT2D eigenvalue weighted by atomic mass is 32.1. The molecule has 0 spiro atoms.